The first-order valence-corrected chi connectivity index (χ1v) is 7.89. The van der Waals surface area contributed by atoms with Gasteiger partial charge in [-0.25, -0.2) is 13.8 Å². The normalized spacial score (nSPS) is 10.4. The molecule has 0 bridgehead atoms. The number of ether oxygens (including phenoxy) is 2. The van der Waals surface area contributed by atoms with Crippen LogP contribution in [0.25, 0.3) is 11.3 Å². The van der Waals surface area contributed by atoms with Crippen molar-refractivity contribution in [2.45, 2.75) is 0 Å². The third kappa shape index (κ3) is 4.42. The van der Waals surface area contributed by atoms with Crippen LogP contribution in [0, 0.1) is 11.6 Å². The number of nitrogens with zero attached hydrogens (tertiary/aromatic N) is 1. The molecule has 26 heavy (non-hydrogen) atoms. The Morgan fingerprint density at radius 1 is 0.923 bits per heavy atom. The lowest BCUT2D eigenvalue weighted by Gasteiger charge is -2.09. The zero-order valence-corrected chi connectivity index (χ0v) is 13.7. The molecule has 4 nitrogen and oxygen atoms in total. The molecule has 0 aliphatic rings. The van der Waals surface area contributed by atoms with Gasteiger partial charge in [0.05, 0.1) is 5.69 Å². The van der Waals surface area contributed by atoms with Crippen molar-refractivity contribution >= 4 is 6.29 Å². The molecule has 0 saturated heterocycles. The Labute approximate surface area is 149 Å². The molecule has 3 aromatic rings. The van der Waals surface area contributed by atoms with Gasteiger partial charge in [-0.15, -0.1) is 0 Å². The Kier molecular flexibility index (Phi) is 5.53. The molecule has 0 unspecified atom stereocenters. The Balaban J connectivity index is 1.57. The lowest BCUT2D eigenvalue weighted by atomic mass is 10.1. The maximum atomic E-state index is 13.9. The van der Waals surface area contributed by atoms with Gasteiger partial charge in [-0.1, -0.05) is 6.07 Å². The first kappa shape index (κ1) is 17.5. The van der Waals surface area contributed by atoms with Gasteiger partial charge in [-0.2, -0.15) is 0 Å². The highest BCUT2D eigenvalue weighted by Gasteiger charge is 2.08. The SMILES string of the molecule is O=Cc1ccc(OCCOc2cccc(-c3ccc(F)cc3F)n2)cc1. The largest absolute Gasteiger partial charge is 0.490 e. The van der Waals surface area contributed by atoms with Crippen LogP contribution in [0.2, 0.25) is 0 Å². The zero-order chi connectivity index (χ0) is 18.4. The van der Waals surface area contributed by atoms with E-state index in [1.807, 2.05) is 0 Å². The predicted molar refractivity (Wildman–Crippen MR) is 92.4 cm³/mol. The molecule has 0 aliphatic carbocycles. The maximum absolute atomic E-state index is 13.9. The Hall–Kier alpha value is -3.28. The minimum absolute atomic E-state index is 0.198. The number of pyridine rings is 1. The Bertz CT molecular complexity index is 898. The molecule has 0 radical (unpaired) electrons. The van der Waals surface area contributed by atoms with Crippen molar-refractivity contribution in [1.82, 2.24) is 4.98 Å². The lowest BCUT2D eigenvalue weighted by Crippen LogP contribution is -2.09. The molecule has 0 amide bonds. The van der Waals surface area contributed by atoms with E-state index in [2.05, 4.69) is 4.98 Å². The standard InChI is InChI=1S/C20H15F2NO3/c21-15-6-9-17(18(22)12-15)19-2-1-3-20(23-19)26-11-10-25-16-7-4-14(13-24)5-8-16/h1-9,12-13H,10-11H2. The number of aromatic nitrogens is 1. The summed E-state index contributed by atoms with van der Waals surface area (Å²) in [4.78, 5) is 14.8. The van der Waals surface area contributed by atoms with E-state index >= 15 is 0 Å². The molecule has 3 rings (SSSR count). The third-order valence-corrected chi connectivity index (χ3v) is 3.55. The average molecular weight is 355 g/mol. The molecule has 0 spiro atoms. The minimum atomic E-state index is -0.684. The van der Waals surface area contributed by atoms with Crippen LogP contribution in [0.3, 0.4) is 0 Å². The van der Waals surface area contributed by atoms with Crippen molar-refractivity contribution in [3.8, 4) is 22.9 Å². The topological polar surface area (TPSA) is 48.4 Å². The van der Waals surface area contributed by atoms with E-state index in [0.29, 0.717) is 22.9 Å². The highest BCUT2D eigenvalue weighted by molar-refractivity contribution is 5.74. The highest BCUT2D eigenvalue weighted by Crippen LogP contribution is 2.23. The van der Waals surface area contributed by atoms with E-state index in [1.54, 1.807) is 42.5 Å². The van der Waals surface area contributed by atoms with Crippen molar-refractivity contribution in [3.63, 3.8) is 0 Å². The molecule has 0 N–H and O–H groups in total. The fourth-order valence-electron chi connectivity index (χ4n) is 2.29. The van der Waals surface area contributed by atoms with Gasteiger partial charge < -0.3 is 9.47 Å². The lowest BCUT2D eigenvalue weighted by molar-refractivity contribution is 0.112. The monoisotopic (exact) mass is 355 g/mol. The molecule has 1 aromatic heterocycles. The van der Waals surface area contributed by atoms with Gasteiger partial charge in [0.1, 0.15) is 36.9 Å². The van der Waals surface area contributed by atoms with E-state index in [4.69, 9.17) is 9.47 Å². The molecule has 6 heteroatoms. The van der Waals surface area contributed by atoms with Crippen molar-refractivity contribution in [2.75, 3.05) is 13.2 Å². The van der Waals surface area contributed by atoms with Crippen LogP contribution < -0.4 is 9.47 Å². The molecular formula is C20H15F2NO3. The third-order valence-electron chi connectivity index (χ3n) is 3.55. The summed E-state index contributed by atoms with van der Waals surface area (Å²) in [7, 11) is 0. The number of carbonyl (C=O) groups excluding carboxylic acids is 1. The molecule has 0 saturated carbocycles. The van der Waals surface area contributed by atoms with Crippen LogP contribution >= 0.6 is 0 Å². The number of carbonyl (C=O) groups is 1. The van der Waals surface area contributed by atoms with E-state index in [9.17, 15) is 13.6 Å². The maximum Gasteiger partial charge on any atom is 0.213 e. The smallest absolute Gasteiger partial charge is 0.213 e. The summed E-state index contributed by atoms with van der Waals surface area (Å²) in [5.74, 6) is -0.394. The molecular weight excluding hydrogens is 340 g/mol. The van der Waals surface area contributed by atoms with Gasteiger partial charge in [0, 0.05) is 23.3 Å². The summed E-state index contributed by atoms with van der Waals surface area (Å²) >= 11 is 0. The van der Waals surface area contributed by atoms with Gasteiger partial charge in [0.2, 0.25) is 5.88 Å². The molecule has 2 aromatic carbocycles. The first-order valence-electron chi connectivity index (χ1n) is 7.89. The number of hydrogen-bond donors (Lipinski definition) is 0. The number of benzene rings is 2. The zero-order valence-electron chi connectivity index (χ0n) is 13.7. The number of hydrogen-bond acceptors (Lipinski definition) is 4. The molecule has 0 fully saturated rings. The fourth-order valence-corrected chi connectivity index (χ4v) is 2.29. The Morgan fingerprint density at radius 3 is 2.42 bits per heavy atom. The van der Waals surface area contributed by atoms with Crippen molar-refractivity contribution < 1.29 is 23.0 Å². The molecule has 132 valence electrons. The number of rotatable bonds is 7. The van der Waals surface area contributed by atoms with E-state index < -0.39 is 11.6 Å². The van der Waals surface area contributed by atoms with Gasteiger partial charge in [0.15, 0.2) is 0 Å². The second-order valence-corrected chi connectivity index (χ2v) is 5.37. The highest BCUT2D eigenvalue weighted by atomic mass is 19.1. The quantitative estimate of drug-likeness (QED) is 0.468. The van der Waals surface area contributed by atoms with Crippen LogP contribution in [-0.4, -0.2) is 24.5 Å². The minimum Gasteiger partial charge on any atom is -0.490 e. The predicted octanol–water partition coefficient (Wildman–Crippen LogP) is 4.30. The molecule has 0 atom stereocenters. The second kappa shape index (κ2) is 8.20. The summed E-state index contributed by atoms with van der Waals surface area (Å²) in [6.07, 6.45) is 0.759. The van der Waals surface area contributed by atoms with Gasteiger partial charge in [0.25, 0.3) is 0 Å². The summed E-state index contributed by atoms with van der Waals surface area (Å²) in [6.45, 7) is 0.509. The number of halogens is 2. The fraction of sp³-hybridized carbons (Fsp3) is 0.100. The van der Waals surface area contributed by atoms with E-state index in [1.165, 1.54) is 12.1 Å². The van der Waals surface area contributed by atoms with Gasteiger partial charge in [-0.05, 0) is 42.5 Å². The second-order valence-electron chi connectivity index (χ2n) is 5.37. The average Bonchev–Trinajstić information content (AvgIpc) is 2.66. The van der Waals surface area contributed by atoms with Gasteiger partial charge in [-0.3, -0.25) is 4.79 Å². The van der Waals surface area contributed by atoms with Crippen molar-refractivity contribution in [1.29, 1.82) is 0 Å². The van der Waals surface area contributed by atoms with Crippen LogP contribution in [0.4, 0.5) is 8.78 Å². The van der Waals surface area contributed by atoms with Crippen LogP contribution in [0.15, 0.2) is 60.7 Å². The Morgan fingerprint density at radius 2 is 1.69 bits per heavy atom. The molecule has 0 aliphatic heterocycles. The first-order chi connectivity index (χ1) is 12.7. The van der Waals surface area contributed by atoms with Crippen LogP contribution in [0.5, 0.6) is 11.6 Å². The summed E-state index contributed by atoms with van der Waals surface area (Å²) in [6, 6.07) is 15.0. The van der Waals surface area contributed by atoms with E-state index in [0.717, 1.165) is 12.4 Å². The summed E-state index contributed by atoms with van der Waals surface area (Å²) in [5, 5.41) is 0. The van der Waals surface area contributed by atoms with Crippen molar-refractivity contribution in [3.05, 3.63) is 77.9 Å². The summed E-state index contributed by atoms with van der Waals surface area (Å²) in [5.41, 5.74) is 1.12. The van der Waals surface area contributed by atoms with Crippen molar-refractivity contribution in [2.24, 2.45) is 0 Å². The summed E-state index contributed by atoms with van der Waals surface area (Å²) < 4.78 is 37.9. The molecule has 1 heterocycles. The number of aldehydes is 1. The van der Waals surface area contributed by atoms with Crippen LogP contribution in [0.1, 0.15) is 10.4 Å². The van der Waals surface area contributed by atoms with E-state index in [-0.39, 0.29) is 18.8 Å². The van der Waals surface area contributed by atoms with Gasteiger partial charge >= 0.3 is 0 Å². The van der Waals surface area contributed by atoms with Crippen LogP contribution in [-0.2, 0) is 0 Å².